The van der Waals surface area contributed by atoms with Crippen LogP contribution in [0.4, 0.5) is 4.79 Å². The van der Waals surface area contributed by atoms with Crippen molar-refractivity contribution in [3.05, 3.63) is 62.5 Å². The summed E-state index contributed by atoms with van der Waals surface area (Å²) in [6.07, 6.45) is 1.64. The molecule has 2 amide bonds. The van der Waals surface area contributed by atoms with Gasteiger partial charge in [0.15, 0.2) is 11.5 Å². The second kappa shape index (κ2) is 8.90. The van der Waals surface area contributed by atoms with Gasteiger partial charge < -0.3 is 9.47 Å². The van der Waals surface area contributed by atoms with Crippen molar-refractivity contribution in [3.63, 3.8) is 0 Å². The number of benzene rings is 2. The third-order valence-electron chi connectivity index (χ3n) is 4.02. The molecule has 2 aromatic carbocycles. The first-order chi connectivity index (χ1) is 13.4. The van der Waals surface area contributed by atoms with E-state index in [4.69, 9.17) is 32.7 Å². The van der Waals surface area contributed by atoms with E-state index >= 15 is 0 Å². The summed E-state index contributed by atoms with van der Waals surface area (Å²) in [6, 6.07) is 10.3. The number of hydrogen-bond donors (Lipinski definition) is 0. The zero-order chi connectivity index (χ0) is 20.3. The number of carbonyl (C=O) groups excluding carboxylic acids is 2. The number of ether oxygens (including phenoxy) is 2. The molecule has 0 N–H and O–H groups in total. The van der Waals surface area contributed by atoms with Gasteiger partial charge in [0, 0.05) is 15.6 Å². The van der Waals surface area contributed by atoms with Crippen molar-refractivity contribution in [2.75, 3.05) is 13.7 Å². The predicted octanol–water partition coefficient (Wildman–Crippen LogP) is 5.64. The van der Waals surface area contributed by atoms with E-state index in [1.54, 1.807) is 49.6 Å². The molecule has 3 rings (SSSR count). The van der Waals surface area contributed by atoms with Crippen LogP contribution in [-0.2, 0) is 11.3 Å². The zero-order valence-electron chi connectivity index (χ0n) is 15.2. The van der Waals surface area contributed by atoms with Crippen molar-refractivity contribution in [3.8, 4) is 11.5 Å². The third kappa shape index (κ3) is 4.29. The maximum atomic E-state index is 12.8. The van der Waals surface area contributed by atoms with Gasteiger partial charge in [-0.1, -0.05) is 41.4 Å². The standard InChI is InChI=1S/C20H17Cl2NO4S/c1-3-27-18-12(5-4-6-16(18)26-2)9-17-19(24)23(20(25)28-17)11-13-7-8-14(21)10-15(13)22/h4-10H,3,11H2,1-2H3/b17-9-. The molecule has 0 aromatic heterocycles. The number of imide groups is 1. The van der Waals surface area contributed by atoms with Crippen LogP contribution < -0.4 is 9.47 Å². The van der Waals surface area contributed by atoms with Gasteiger partial charge in [-0.05, 0) is 48.5 Å². The van der Waals surface area contributed by atoms with Crippen LogP contribution in [0.1, 0.15) is 18.1 Å². The number of thioether (sulfide) groups is 1. The fourth-order valence-electron chi connectivity index (χ4n) is 2.70. The molecule has 0 bridgehead atoms. The van der Waals surface area contributed by atoms with E-state index in [0.29, 0.717) is 44.2 Å². The molecule has 0 atom stereocenters. The molecule has 0 aliphatic carbocycles. The molecule has 2 aromatic rings. The molecular weight excluding hydrogens is 421 g/mol. The number of hydrogen-bond acceptors (Lipinski definition) is 5. The number of para-hydroxylation sites is 1. The SMILES string of the molecule is CCOc1c(/C=C2\SC(=O)N(Cc3ccc(Cl)cc3Cl)C2=O)cccc1OC. The number of nitrogens with zero attached hydrogens (tertiary/aromatic N) is 1. The molecule has 8 heteroatoms. The Hall–Kier alpha value is -2.15. The van der Waals surface area contributed by atoms with Crippen molar-refractivity contribution in [1.29, 1.82) is 0 Å². The molecule has 28 heavy (non-hydrogen) atoms. The van der Waals surface area contributed by atoms with Crippen molar-refractivity contribution < 1.29 is 19.1 Å². The van der Waals surface area contributed by atoms with Crippen molar-refractivity contribution in [2.24, 2.45) is 0 Å². The second-order valence-corrected chi connectivity index (χ2v) is 7.65. The summed E-state index contributed by atoms with van der Waals surface area (Å²) in [5, 5.41) is 0.536. The minimum absolute atomic E-state index is 0.0778. The Morgan fingerprint density at radius 3 is 2.64 bits per heavy atom. The highest BCUT2D eigenvalue weighted by atomic mass is 35.5. The minimum Gasteiger partial charge on any atom is -0.493 e. The lowest BCUT2D eigenvalue weighted by Gasteiger charge is -2.14. The van der Waals surface area contributed by atoms with Gasteiger partial charge in [-0.3, -0.25) is 14.5 Å². The zero-order valence-corrected chi connectivity index (χ0v) is 17.5. The van der Waals surface area contributed by atoms with E-state index in [1.807, 2.05) is 6.92 Å². The molecule has 0 radical (unpaired) electrons. The van der Waals surface area contributed by atoms with Crippen LogP contribution in [0.5, 0.6) is 11.5 Å². The number of amides is 2. The summed E-state index contributed by atoms with van der Waals surface area (Å²) in [5.41, 5.74) is 1.31. The lowest BCUT2D eigenvalue weighted by atomic mass is 10.1. The third-order valence-corrected chi connectivity index (χ3v) is 5.52. The van der Waals surface area contributed by atoms with Crippen LogP contribution in [-0.4, -0.2) is 29.8 Å². The highest BCUT2D eigenvalue weighted by molar-refractivity contribution is 8.18. The number of carbonyl (C=O) groups is 2. The molecule has 0 spiro atoms. The average Bonchev–Trinajstić information content (AvgIpc) is 2.92. The van der Waals surface area contributed by atoms with Gasteiger partial charge >= 0.3 is 0 Å². The molecule has 1 saturated heterocycles. The fourth-order valence-corrected chi connectivity index (χ4v) is 4.00. The maximum Gasteiger partial charge on any atom is 0.293 e. The number of rotatable bonds is 6. The molecule has 1 aliphatic rings. The van der Waals surface area contributed by atoms with Crippen LogP contribution in [0.3, 0.4) is 0 Å². The average molecular weight is 438 g/mol. The van der Waals surface area contributed by atoms with E-state index in [-0.39, 0.29) is 17.7 Å². The van der Waals surface area contributed by atoms with Crippen LogP contribution in [0.25, 0.3) is 6.08 Å². The summed E-state index contributed by atoms with van der Waals surface area (Å²) >= 11 is 13.0. The van der Waals surface area contributed by atoms with Crippen molar-refractivity contribution in [2.45, 2.75) is 13.5 Å². The summed E-state index contributed by atoms with van der Waals surface area (Å²) < 4.78 is 11.0. The quantitative estimate of drug-likeness (QED) is 0.547. The Labute approximate surface area is 177 Å². The molecule has 0 unspecified atom stereocenters. The maximum absolute atomic E-state index is 12.8. The van der Waals surface area contributed by atoms with Crippen molar-refractivity contribution >= 4 is 52.2 Å². The van der Waals surface area contributed by atoms with Crippen LogP contribution >= 0.6 is 35.0 Å². The molecule has 146 valence electrons. The molecule has 1 fully saturated rings. The van der Waals surface area contributed by atoms with Gasteiger partial charge in [0.25, 0.3) is 11.1 Å². The van der Waals surface area contributed by atoms with E-state index in [9.17, 15) is 9.59 Å². The summed E-state index contributed by atoms with van der Waals surface area (Å²) in [6.45, 7) is 2.38. The Morgan fingerprint density at radius 2 is 1.96 bits per heavy atom. The number of methoxy groups -OCH3 is 1. The molecule has 0 saturated carbocycles. The van der Waals surface area contributed by atoms with Crippen LogP contribution in [0.2, 0.25) is 10.0 Å². The van der Waals surface area contributed by atoms with E-state index in [0.717, 1.165) is 16.7 Å². The molecule has 5 nitrogen and oxygen atoms in total. The van der Waals surface area contributed by atoms with Gasteiger partial charge in [-0.15, -0.1) is 0 Å². The normalized spacial score (nSPS) is 15.4. The Balaban J connectivity index is 1.89. The molecular formula is C20H17Cl2NO4S. The van der Waals surface area contributed by atoms with Crippen LogP contribution in [0, 0.1) is 0 Å². The lowest BCUT2D eigenvalue weighted by Crippen LogP contribution is -2.27. The Kier molecular flexibility index (Phi) is 6.54. The smallest absolute Gasteiger partial charge is 0.293 e. The first-order valence-electron chi connectivity index (χ1n) is 8.43. The van der Waals surface area contributed by atoms with Gasteiger partial charge in [0.2, 0.25) is 0 Å². The van der Waals surface area contributed by atoms with Crippen molar-refractivity contribution in [1.82, 2.24) is 4.90 Å². The highest BCUT2D eigenvalue weighted by Crippen LogP contribution is 2.38. The second-order valence-electron chi connectivity index (χ2n) is 5.82. The molecule has 1 aliphatic heterocycles. The first kappa shape index (κ1) is 20.6. The van der Waals surface area contributed by atoms with Gasteiger partial charge in [0.05, 0.1) is 25.2 Å². The van der Waals surface area contributed by atoms with Gasteiger partial charge in [-0.25, -0.2) is 0 Å². The summed E-state index contributed by atoms with van der Waals surface area (Å²) in [4.78, 5) is 26.7. The topological polar surface area (TPSA) is 55.8 Å². The minimum atomic E-state index is -0.383. The van der Waals surface area contributed by atoms with Gasteiger partial charge in [-0.2, -0.15) is 0 Å². The summed E-state index contributed by atoms with van der Waals surface area (Å²) in [5.74, 6) is 0.703. The predicted molar refractivity (Wildman–Crippen MR) is 112 cm³/mol. The Morgan fingerprint density at radius 1 is 1.18 bits per heavy atom. The van der Waals surface area contributed by atoms with Gasteiger partial charge in [0.1, 0.15) is 0 Å². The number of halogens is 2. The largest absolute Gasteiger partial charge is 0.493 e. The van der Waals surface area contributed by atoms with E-state index in [1.165, 1.54) is 0 Å². The lowest BCUT2D eigenvalue weighted by molar-refractivity contribution is -0.123. The van der Waals surface area contributed by atoms with E-state index in [2.05, 4.69) is 0 Å². The first-order valence-corrected chi connectivity index (χ1v) is 10.0. The summed E-state index contributed by atoms with van der Waals surface area (Å²) in [7, 11) is 1.55. The molecule has 1 heterocycles. The highest BCUT2D eigenvalue weighted by Gasteiger charge is 2.35. The Bertz CT molecular complexity index is 961. The monoisotopic (exact) mass is 437 g/mol. The fraction of sp³-hybridized carbons (Fsp3) is 0.200. The van der Waals surface area contributed by atoms with Crippen LogP contribution in [0.15, 0.2) is 41.3 Å². The van der Waals surface area contributed by atoms with E-state index < -0.39 is 0 Å².